The molecule has 1 aromatic heterocycles. The number of likely N-dealkylation sites (tertiary alicyclic amines) is 1. The maximum absolute atomic E-state index is 12.5. The first kappa shape index (κ1) is 17.7. The smallest absolute Gasteiger partial charge is 0.313 e. The highest BCUT2D eigenvalue weighted by atomic mass is 35.5. The number of ether oxygens (including phenoxy) is 2. The molecule has 2 rings (SSSR count). The Labute approximate surface area is 141 Å². The van der Waals surface area contributed by atoms with E-state index < -0.39 is 5.41 Å². The minimum absolute atomic E-state index is 0.0824. The van der Waals surface area contributed by atoms with Crippen molar-refractivity contribution in [2.24, 2.45) is 5.41 Å². The summed E-state index contributed by atoms with van der Waals surface area (Å²) in [6.07, 6.45) is 2.59. The van der Waals surface area contributed by atoms with Gasteiger partial charge in [-0.15, -0.1) is 11.3 Å². The van der Waals surface area contributed by atoms with Crippen molar-refractivity contribution in [1.82, 2.24) is 4.90 Å². The molecular formula is C16H24ClNO3S. The highest BCUT2D eigenvalue weighted by molar-refractivity contribution is 7.16. The summed E-state index contributed by atoms with van der Waals surface area (Å²) < 4.78 is 11.4. The Morgan fingerprint density at radius 3 is 2.95 bits per heavy atom. The zero-order valence-electron chi connectivity index (χ0n) is 13.3. The lowest BCUT2D eigenvalue weighted by Crippen LogP contribution is -2.48. The lowest BCUT2D eigenvalue weighted by atomic mass is 9.77. The van der Waals surface area contributed by atoms with Gasteiger partial charge in [0.1, 0.15) is 0 Å². The third kappa shape index (κ3) is 4.44. The molecule has 1 aliphatic heterocycles. The molecule has 1 fully saturated rings. The number of hydrogen-bond donors (Lipinski definition) is 0. The number of halogens is 1. The van der Waals surface area contributed by atoms with Crippen molar-refractivity contribution in [1.29, 1.82) is 0 Å². The van der Waals surface area contributed by atoms with Gasteiger partial charge >= 0.3 is 5.97 Å². The maximum Gasteiger partial charge on any atom is 0.313 e. The molecule has 1 saturated heterocycles. The number of thiophene rings is 1. The summed E-state index contributed by atoms with van der Waals surface area (Å²) in [6.45, 7) is 5.43. The summed E-state index contributed by atoms with van der Waals surface area (Å²) in [5.41, 5.74) is -0.439. The van der Waals surface area contributed by atoms with E-state index in [4.69, 9.17) is 21.1 Å². The van der Waals surface area contributed by atoms with Gasteiger partial charge in [-0.2, -0.15) is 0 Å². The Balaban J connectivity index is 2.06. The van der Waals surface area contributed by atoms with Gasteiger partial charge < -0.3 is 9.47 Å². The number of nitrogens with zero attached hydrogens (tertiary/aromatic N) is 1. The molecule has 0 radical (unpaired) electrons. The van der Waals surface area contributed by atoms with E-state index >= 15 is 0 Å². The predicted octanol–water partition coefficient (Wildman–Crippen LogP) is 3.58. The van der Waals surface area contributed by atoms with Gasteiger partial charge in [0, 0.05) is 31.7 Å². The first-order valence-corrected chi connectivity index (χ1v) is 8.92. The summed E-state index contributed by atoms with van der Waals surface area (Å²) in [4.78, 5) is 16.1. The number of carbonyl (C=O) groups excluding carboxylic acids is 1. The zero-order valence-corrected chi connectivity index (χ0v) is 14.8. The molecule has 0 saturated carbocycles. The first-order chi connectivity index (χ1) is 10.6. The number of carbonyl (C=O) groups is 1. The third-order valence-corrected chi connectivity index (χ3v) is 5.37. The number of hydrogen-bond acceptors (Lipinski definition) is 5. The van der Waals surface area contributed by atoms with Crippen LogP contribution in [0.25, 0.3) is 0 Å². The Kier molecular flexibility index (Phi) is 6.68. The van der Waals surface area contributed by atoms with Crippen molar-refractivity contribution < 1.29 is 14.3 Å². The fraction of sp³-hybridized carbons (Fsp3) is 0.688. The highest BCUT2D eigenvalue weighted by Gasteiger charge is 2.43. The van der Waals surface area contributed by atoms with Crippen molar-refractivity contribution in [2.45, 2.75) is 32.7 Å². The van der Waals surface area contributed by atoms with E-state index in [9.17, 15) is 4.79 Å². The second kappa shape index (κ2) is 8.29. The van der Waals surface area contributed by atoms with Crippen LogP contribution in [0.5, 0.6) is 0 Å². The van der Waals surface area contributed by atoms with Crippen LogP contribution in [0.1, 0.15) is 31.1 Å². The molecule has 0 unspecified atom stereocenters. The normalized spacial score (nSPS) is 22.7. The maximum atomic E-state index is 12.5. The van der Waals surface area contributed by atoms with Crippen LogP contribution in [0, 0.1) is 5.41 Å². The average Bonchev–Trinajstić information content (AvgIpc) is 2.91. The summed E-state index contributed by atoms with van der Waals surface area (Å²) in [5.74, 6) is -0.0824. The quantitative estimate of drug-likeness (QED) is 0.708. The van der Waals surface area contributed by atoms with Gasteiger partial charge in [-0.05, 0) is 44.9 Å². The molecule has 0 N–H and O–H groups in total. The molecule has 22 heavy (non-hydrogen) atoms. The molecule has 0 aliphatic carbocycles. The van der Waals surface area contributed by atoms with Crippen LogP contribution in [0.2, 0.25) is 4.34 Å². The monoisotopic (exact) mass is 345 g/mol. The number of methoxy groups -OCH3 is 1. The second-order valence-corrected chi connectivity index (χ2v) is 7.56. The van der Waals surface area contributed by atoms with Crippen LogP contribution in [0.3, 0.4) is 0 Å². The van der Waals surface area contributed by atoms with Gasteiger partial charge in [0.05, 0.1) is 16.4 Å². The van der Waals surface area contributed by atoms with Crippen molar-refractivity contribution >= 4 is 28.9 Å². The van der Waals surface area contributed by atoms with Gasteiger partial charge in [0.2, 0.25) is 0 Å². The van der Waals surface area contributed by atoms with Crippen LogP contribution >= 0.6 is 22.9 Å². The van der Waals surface area contributed by atoms with E-state index in [1.54, 1.807) is 18.4 Å². The zero-order chi connectivity index (χ0) is 16.0. The number of piperidine rings is 1. The molecule has 1 aromatic rings. The topological polar surface area (TPSA) is 38.8 Å². The van der Waals surface area contributed by atoms with Crippen molar-refractivity contribution in [2.75, 3.05) is 33.4 Å². The Bertz CT molecular complexity index is 493. The van der Waals surface area contributed by atoms with Crippen LogP contribution in [0.15, 0.2) is 12.1 Å². The van der Waals surface area contributed by atoms with Crippen LogP contribution in [-0.2, 0) is 20.8 Å². The fourth-order valence-electron chi connectivity index (χ4n) is 3.07. The largest absolute Gasteiger partial charge is 0.466 e. The number of rotatable bonds is 7. The predicted molar refractivity (Wildman–Crippen MR) is 89.4 cm³/mol. The molecule has 1 aliphatic rings. The van der Waals surface area contributed by atoms with Crippen molar-refractivity contribution in [3.8, 4) is 0 Å². The van der Waals surface area contributed by atoms with E-state index in [1.165, 1.54) is 4.88 Å². The van der Waals surface area contributed by atoms with E-state index in [0.29, 0.717) is 19.6 Å². The molecule has 1 atom stereocenters. The molecule has 6 heteroatoms. The minimum atomic E-state index is -0.439. The Morgan fingerprint density at radius 1 is 1.50 bits per heavy atom. The summed E-state index contributed by atoms with van der Waals surface area (Å²) >= 11 is 7.60. The van der Waals surface area contributed by atoms with Gasteiger partial charge in [-0.3, -0.25) is 9.69 Å². The molecule has 0 aromatic carbocycles. The standard InChI is InChI=1S/C16H24ClNO3S/c1-3-21-15(19)16(8-10-20-2)7-4-9-18(12-16)11-13-5-6-14(17)22-13/h5-6H,3-4,7-12H2,1-2H3/t16-/m0/s1. The van der Waals surface area contributed by atoms with E-state index in [1.807, 2.05) is 13.0 Å². The van der Waals surface area contributed by atoms with E-state index in [0.717, 1.165) is 36.8 Å². The Hall–Kier alpha value is -0.620. The van der Waals surface area contributed by atoms with Crippen LogP contribution in [0.4, 0.5) is 0 Å². The second-order valence-electron chi connectivity index (χ2n) is 5.76. The number of esters is 1. The Morgan fingerprint density at radius 2 is 2.32 bits per heavy atom. The minimum Gasteiger partial charge on any atom is -0.466 e. The summed E-state index contributed by atoms with van der Waals surface area (Å²) in [6, 6.07) is 3.98. The molecule has 0 spiro atoms. The van der Waals surface area contributed by atoms with Crippen molar-refractivity contribution in [3.63, 3.8) is 0 Å². The molecule has 124 valence electrons. The van der Waals surface area contributed by atoms with Crippen LogP contribution < -0.4 is 0 Å². The molecule has 2 heterocycles. The van der Waals surface area contributed by atoms with Gasteiger partial charge in [-0.25, -0.2) is 0 Å². The van der Waals surface area contributed by atoms with E-state index in [2.05, 4.69) is 11.0 Å². The summed E-state index contributed by atoms with van der Waals surface area (Å²) in [5, 5.41) is 0. The molecule has 0 bridgehead atoms. The SMILES string of the molecule is CCOC(=O)[C@]1(CCOC)CCCN(Cc2ccc(Cl)s2)C1. The lowest BCUT2D eigenvalue weighted by Gasteiger charge is -2.40. The fourth-order valence-corrected chi connectivity index (χ4v) is 4.20. The van der Waals surface area contributed by atoms with Crippen molar-refractivity contribution in [3.05, 3.63) is 21.3 Å². The summed E-state index contributed by atoms with van der Waals surface area (Å²) in [7, 11) is 1.67. The highest BCUT2D eigenvalue weighted by Crippen LogP contribution is 2.36. The van der Waals surface area contributed by atoms with E-state index in [-0.39, 0.29) is 5.97 Å². The van der Waals surface area contributed by atoms with Gasteiger partial charge in [-0.1, -0.05) is 11.6 Å². The first-order valence-electron chi connectivity index (χ1n) is 7.72. The average molecular weight is 346 g/mol. The molecular weight excluding hydrogens is 322 g/mol. The van der Waals surface area contributed by atoms with Crippen LogP contribution in [-0.4, -0.2) is 44.3 Å². The lowest BCUT2D eigenvalue weighted by molar-refractivity contribution is -0.160. The van der Waals surface area contributed by atoms with Gasteiger partial charge in [0.25, 0.3) is 0 Å². The third-order valence-electron chi connectivity index (χ3n) is 4.16. The molecule has 4 nitrogen and oxygen atoms in total. The molecule has 0 amide bonds. The van der Waals surface area contributed by atoms with Gasteiger partial charge in [0.15, 0.2) is 0 Å².